The molecular weight excluding hydrogens is 230 g/mol. The zero-order valence-corrected chi connectivity index (χ0v) is 9.83. The molecule has 1 aliphatic carbocycles. The zero-order chi connectivity index (χ0) is 12.8. The Bertz CT molecular complexity index is 548. The Morgan fingerprint density at radius 3 is 2.89 bits per heavy atom. The maximum Gasteiger partial charge on any atom is 0.248 e. The SMILES string of the molecule is N#C[C@@]1(C2CC2)CCN(c2cc(N)ncn2)C1=O. The molecule has 1 saturated carbocycles. The van der Waals surface area contributed by atoms with Crippen LogP contribution in [-0.4, -0.2) is 22.4 Å². The summed E-state index contributed by atoms with van der Waals surface area (Å²) in [6.45, 7) is 0.527. The number of anilines is 2. The zero-order valence-electron chi connectivity index (χ0n) is 9.83. The topological polar surface area (TPSA) is 95.9 Å². The Labute approximate surface area is 104 Å². The number of carbonyl (C=O) groups is 1. The highest BCUT2D eigenvalue weighted by Crippen LogP contribution is 2.51. The van der Waals surface area contributed by atoms with Crippen molar-refractivity contribution in [1.29, 1.82) is 5.26 Å². The average molecular weight is 243 g/mol. The summed E-state index contributed by atoms with van der Waals surface area (Å²) in [5.41, 5.74) is 4.76. The molecule has 0 spiro atoms. The van der Waals surface area contributed by atoms with Gasteiger partial charge in [-0.1, -0.05) is 0 Å². The van der Waals surface area contributed by atoms with Crippen molar-refractivity contribution in [3.63, 3.8) is 0 Å². The number of amides is 1. The van der Waals surface area contributed by atoms with Gasteiger partial charge in [-0.05, 0) is 25.2 Å². The van der Waals surface area contributed by atoms with Crippen LogP contribution in [0.15, 0.2) is 12.4 Å². The summed E-state index contributed by atoms with van der Waals surface area (Å²) < 4.78 is 0. The van der Waals surface area contributed by atoms with Crippen LogP contribution >= 0.6 is 0 Å². The normalized spacial score (nSPS) is 27.3. The third-order valence-electron chi connectivity index (χ3n) is 3.78. The minimum absolute atomic E-state index is 0.134. The Kier molecular flexibility index (Phi) is 2.23. The summed E-state index contributed by atoms with van der Waals surface area (Å²) in [5.74, 6) is 0.906. The molecule has 1 amide bonds. The van der Waals surface area contributed by atoms with E-state index in [9.17, 15) is 10.1 Å². The minimum Gasteiger partial charge on any atom is -0.384 e. The van der Waals surface area contributed by atoms with E-state index in [1.165, 1.54) is 6.33 Å². The van der Waals surface area contributed by atoms with E-state index >= 15 is 0 Å². The van der Waals surface area contributed by atoms with Crippen LogP contribution in [0.5, 0.6) is 0 Å². The van der Waals surface area contributed by atoms with E-state index < -0.39 is 5.41 Å². The highest BCUT2D eigenvalue weighted by atomic mass is 16.2. The number of nitrogens with two attached hydrogens (primary N) is 1. The molecule has 3 rings (SSSR count). The molecule has 0 aromatic carbocycles. The Morgan fingerprint density at radius 1 is 1.50 bits per heavy atom. The Morgan fingerprint density at radius 2 is 2.28 bits per heavy atom. The van der Waals surface area contributed by atoms with Gasteiger partial charge in [-0.2, -0.15) is 5.26 Å². The van der Waals surface area contributed by atoms with E-state index in [-0.39, 0.29) is 11.8 Å². The van der Waals surface area contributed by atoms with Crippen LogP contribution < -0.4 is 10.6 Å². The van der Waals surface area contributed by atoms with Crippen molar-refractivity contribution in [2.45, 2.75) is 19.3 Å². The van der Waals surface area contributed by atoms with Crippen LogP contribution in [-0.2, 0) is 4.79 Å². The molecule has 18 heavy (non-hydrogen) atoms. The lowest BCUT2D eigenvalue weighted by Crippen LogP contribution is -2.35. The molecular formula is C12H13N5O. The van der Waals surface area contributed by atoms with Gasteiger partial charge in [0.25, 0.3) is 0 Å². The Balaban J connectivity index is 1.93. The predicted molar refractivity (Wildman–Crippen MR) is 64.2 cm³/mol. The van der Waals surface area contributed by atoms with Crippen LogP contribution in [0.4, 0.5) is 11.6 Å². The van der Waals surface area contributed by atoms with Crippen molar-refractivity contribution >= 4 is 17.5 Å². The van der Waals surface area contributed by atoms with Crippen molar-refractivity contribution in [1.82, 2.24) is 9.97 Å². The number of aromatic nitrogens is 2. The van der Waals surface area contributed by atoms with Gasteiger partial charge in [0, 0.05) is 12.6 Å². The average Bonchev–Trinajstić information content (AvgIpc) is 3.15. The number of hydrogen-bond donors (Lipinski definition) is 1. The van der Waals surface area contributed by atoms with Gasteiger partial charge in [0.1, 0.15) is 23.4 Å². The van der Waals surface area contributed by atoms with E-state index in [1.54, 1.807) is 11.0 Å². The first-order valence-corrected chi connectivity index (χ1v) is 5.98. The number of nitrogens with zero attached hydrogens (tertiary/aromatic N) is 4. The van der Waals surface area contributed by atoms with E-state index in [0.717, 1.165) is 12.8 Å². The van der Waals surface area contributed by atoms with Gasteiger partial charge >= 0.3 is 0 Å². The van der Waals surface area contributed by atoms with Crippen molar-refractivity contribution in [2.24, 2.45) is 11.3 Å². The summed E-state index contributed by atoms with van der Waals surface area (Å²) in [6.07, 6.45) is 3.86. The lowest BCUT2D eigenvalue weighted by atomic mass is 9.83. The summed E-state index contributed by atoms with van der Waals surface area (Å²) in [5, 5.41) is 9.36. The van der Waals surface area contributed by atoms with E-state index in [0.29, 0.717) is 24.6 Å². The molecule has 2 N–H and O–H groups in total. The summed E-state index contributed by atoms with van der Waals surface area (Å²) in [7, 11) is 0. The van der Waals surface area contributed by atoms with Gasteiger partial charge in [0.05, 0.1) is 6.07 Å². The largest absolute Gasteiger partial charge is 0.384 e. The van der Waals surface area contributed by atoms with Crippen LogP contribution in [0.25, 0.3) is 0 Å². The van der Waals surface area contributed by atoms with E-state index in [1.807, 2.05) is 0 Å². The first-order chi connectivity index (χ1) is 8.67. The second kappa shape index (κ2) is 3.67. The second-order valence-electron chi connectivity index (χ2n) is 4.87. The fraction of sp³-hybridized carbons (Fsp3) is 0.500. The molecule has 1 aromatic rings. The molecule has 0 bridgehead atoms. The molecule has 6 nitrogen and oxygen atoms in total. The molecule has 6 heteroatoms. The number of rotatable bonds is 2. The molecule has 0 unspecified atom stereocenters. The number of nitrogen functional groups attached to an aromatic ring is 1. The number of carbonyl (C=O) groups excluding carboxylic acids is 1. The highest BCUT2D eigenvalue weighted by molar-refractivity contribution is 6.01. The molecule has 2 heterocycles. The van der Waals surface area contributed by atoms with Crippen LogP contribution in [0.2, 0.25) is 0 Å². The molecule has 2 aliphatic rings. The standard InChI is InChI=1S/C12H13N5O/c13-6-12(8-1-2-8)3-4-17(11(12)18)10-5-9(14)15-7-16-10/h5,7-8H,1-4H2,(H2,14,15,16)/t12-/m1/s1. The lowest BCUT2D eigenvalue weighted by molar-refractivity contribution is -0.123. The fourth-order valence-corrected chi connectivity index (χ4v) is 2.62. The molecule has 1 aliphatic heterocycles. The van der Waals surface area contributed by atoms with Gasteiger partial charge < -0.3 is 5.73 Å². The second-order valence-corrected chi connectivity index (χ2v) is 4.87. The summed E-state index contributed by atoms with van der Waals surface area (Å²) in [6, 6.07) is 3.81. The molecule has 0 radical (unpaired) electrons. The predicted octanol–water partition coefficient (Wildman–Crippen LogP) is 0.715. The highest BCUT2D eigenvalue weighted by Gasteiger charge is 2.57. The third kappa shape index (κ3) is 1.44. The quantitative estimate of drug-likeness (QED) is 0.825. The van der Waals surface area contributed by atoms with Gasteiger partial charge in [-0.25, -0.2) is 9.97 Å². The first kappa shape index (κ1) is 11.0. The van der Waals surface area contributed by atoms with E-state index in [2.05, 4.69) is 16.0 Å². The van der Waals surface area contributed by atoms with Crippen molar-refractivity contribution in [2.75, 3.05) is 17.2 Å². The van der Waals surface area contributed by atoms with Crippen molar-refractivity contribution < 1.29 is 4.79 Å². The molecule has 1 saturated heterocycles. The van der Waals surface area contributed by atoms with Gasteiger partial charge in [0.2, 0.25) is 5.91 Å². The lowest BCUT2D eigenvalue weighted by Gasteiger charge is -2.20. The number of nitriles is 1. The Hall–Kier alpha value is -2.16. The smallest absolute Gasteiger partial charge is 0.248 e. The fourth-order valence-electron chi connectivity index (χ4n) is 2.62. The number of hydrogen-bond acceptors (Lipinski definition) is 5. The summed E-state index contributed by atoms with van der Waals surface area (Å²) >= 11 is 0. The molecule has 1 atom stereocenters. The van der Waals surface area contributed by atoms with Gasteiger partial charge in [0.15, 0.2) is 0 Å². The summed E-state index contributed by atoms with van der Waals surface area (Å²) in [4.78, 5) is 21.9. The van der Waals surface area contributed by atoms with Crippen LogP contribution in [0.1, 0.15) is 19.3 Å². The molecule has 92 valence electrons. The monoisotopic (exact) mass is 243 g/mol. The van der Waals surface area contributed by atoms with Crippen molar-refractivity contribution in [3.05, 3.63) is 12.4 Å². The van der Waals surface area contributed by atoms with Crippen LogP contribution in [0, 0.1) is 22.7 Å². The van der Waals surface area contributed by atoms with E-state index in [4.69, 9.17) is 5.73 Å². The first-order valence-electron chi connectivity index (χ1n) is 5.98. The van der Waals surface area contributed by atoms with Crippen LogP contribution in [0.3, 0.4) is 0 Å². The maximum atomic E-state index is 12.5. The minimum atomic E-state index is -0.834. The third-order valence-corrected chi connectivity index (χ3v) is 3.78. The van der Waals surface area contributed by atoms with Gasteiger partial charge in [-0.3, -0.25) is 9.69 Å². The van der Waals surface area contributed by atoms with Crippen molar-refractivity contribution in [3.8, 4) is 6.07 Å². The van der Waals surface area contributed by atoms with Gasteiger partial charge in [-0.15, -0.1) is 0 Å². The maximum absolute atomic E-state index is 12.5. The molecule has 1 aromatic heterocycles. The molecule has 2 fully saturated rings.